The molecule has 0 N–H and O–H groups in total. The van der Waals surface area contributed by atoms with Crippen LogP contribution < -0.4 is 24.0 Å². The molecule has 0 aromatic rings. The van der Waals surface area contributed by atoms with Crippen molar-refractivity contribution in [1.82, 2.24) is 0 Å². The molecule has 1 rings (SSSR count). The average Bonchev–Trinajstić information content (AvgIpc) is 2.57. The minimum absolute atomic E-state index is 0. The molecule has 0 aromatic heterocycles. The van der Waals surface area contributed by atoms with E-state index in [1.165, 1.54) is 71.3 Å². The van der Waals surface area contributed by atoms with Gasteiger partial charge in [-0.2, -0.15) is 4.99 Å². The van der Waals surface area contributed by atoms with Crippen LogP contribution in [0, 0.1) is 0 Å². The topological polar surface area (TPSA) is 41.7 Å². The molecule has 0 aromatic carbocycles. The predicted octanol–water partition coefficient (Wildman–Crippen LogP) is 1.77. The number of carbonyl (C=O) groups excluding carboxylic acids is 1. The van der Waals surface area contributed by atoms with Crippen LogP contribution in [0.15, 0.2) is 17.1 Å². The van der Waals surface area contributed by atoms with Gasteiger partial charge in [0.05, 0.1) is 7.11 Å². The van der Waals surface area contributed by atoms with Gasteiger partial charge in [-0.1, -0.05) is 58.3 Å². The third kappa shape index (κ3) is 11.8. The third-order valence-corrected chi connectivity index (χ3v) is 4.16. The van der Waals surface area contributed by atoms with E-state index in [1.54, 1.807) is 0 Å². The molecule has 4 nitrogen and oxygen atoms in total. The molecule has 0 aliphatic carbocycles. The van der Waals surface area contributed by atoms with E-state index in [4.69, 9.17) is 0 Å². The zero-order valence-corrected chi connectivity index (χ0v) is 17.5. The third-order valence-electron chi connectivity index (χ3n) is 4.16. The van der Waals surface area contributed by atoms with Gasteiger partial charge in [0.1, 0.15) is 12.3 Å². The van der Waals surface area contributed by atoms with E-state index >= 15 is 0 Å². The summed E-state index contributed by atoms with van der Waals surface area (Å²) in [5.74, 6) is 0. The van der Waals surface area contributed by atoms with Gasteiger partial charge < -0.3 is 28.7 Å². The van der Waals surface area contributed by atoms with Gasteiger partial charge in [0.2, 0.25) is 0 Å². The highest BCUT2D eigenvalue weighted by atomic mass is 127. The molecule has 0 fully saturated rings. The molecule has 0 spiro atoms. The van der Waals surface area contributed by atoms with Crippen molar-refractivity contribution in [2.24, 2.45) is 4.99 Å². The van der Waals surface area contributed by atoms with Crippen molar-refractivity contribution in [3.05, 3.63) is 12.2 Å². The van der Waals surface area contributed by atoms with Crippen molar-refractivity contribution < 1.29 is 38.1 Å². The van der Waals surface area contributed by atoms with E-state index in [-0.39, 0.29) is 24.0 Å². The fraction of sp³-hybridized carbons (Fsp3) is 0.737. The normalized spacial score (nSPS) is 15.1. The molecule has 0 bridgehead atoms. The second-order valence-corrected chi connectivity index (χ2v) is 6.23. The van der Waals surface area contributed by atoms with Crippen LogP contribution in [0.25, 0.3) is 0 Å². The molecular formula is C19H33IN2O2. The Bertz CT molecular complexity index is 431. The largest absolute Gasteiger partial charge is 1.00 e. The Morgan fingerprint density at radius 1 is 1.08 bits per heavy atom. The summed E-state index contributed by atoms with van der Waals surface area (Å²) in [5, 5.41) is 0. The number of ether oxygens (including phenoxy) is 1. The first-order chi connectivity index (χ1) is 11.3. The van der Waals surface area contributed by atoms with Gasteiger partial charge in [-0.3, -0.25) is 0 Å². The maximum absolute atomic E-state index is 11.2. The standard InChI is InChI=1S/C19H33N2O2.HI/c1-3-4-5-6-7-8-9-10-11-12-15-21-16-13-14-18(17-21)20-19(22)23-2;/h13-14,16H,3-12,15,17H2,1-2H3;1H/q+1;/p-1. The van der Waals surface area contributed by atoms with Gasteiger partial charge in [-0.25, -0.2) is 9.37 Å². The molecule has 1 aliphatic rings. The summed E-state index contributed by atoms with van der Waals surface area (Å²) in [7, 11) is 1.35. The first kappa shape index (κ1) is 23.3. The summed E-state index contributed by atoms with van der Waals surface area (Å²) in [6.45, 7) is 3.99. The van der Waals surface area contributed by atoms with Crippen molar-refractivity contribution in [2.75, 3.05) is 20.2 Å². The quantitative estimate of drug-likeness (QED) is 0.275. The molecule has 0 saturated carbocycles. The highest BCUT2D eigenvalue weighted by Crippen LogP contribution is 2.10. The second-order valence-electron chi connectivity index (χ2n) is 6.23. The maximum atomic E-state index is 11.2. The van der Waals surface area contributed by atoms with E-state index in [0.29, 0.717) is 6.54 Å². The predicted molar refractivity (Wildman–Crippen MR) is 96.9 cm³/mol. The van der Waals surface area contributed by atoms with Crippen molar-refractivity contribution >= 4 is 18.0 Å². The van der Waals surface area contributed by atoms with E-state index < -0.39 is 6.09 Å². The van der Waals surface area contributed by atoms with Gasteiger partial charge in [0.25, 0.3) is 0 Å². The van der Waals surface area contributed by atoms with Gasteiger partial charge in [0, 0.05) is 12.5 Å². The number of allylic oxidation sites excluding steroid dienone is 1. The van der Waals surface area contributed by atoms with E-state index in [9.17, 15) is 4.79 Å². The lowest BCUT2D eigenvalue weighted by Gasteiger charge is -2.07. The number of hydrogen-bond donors (Lipinski definition) is 0. The number of halogens is 1. The number of aliphatic imine (C=N–C) groups is 1. The first-order valence-electron chi connectivity index (χ1n) is 9.17. The van der Waals surface area contributed by atoms with Crippen LogP contribution in [0.5, 0.6) is 0 Å². The summed E-state index contributed by atoms with van der Waals surface area (Å²) >= 11 is 0. The van der Waals surface area contributed by atoms with Crippen LogP contribution in [-0.2, 0) is 4.74 Å². The van der Waals surface area contributed by atoms with E-state index in [2.05, 4.69) is 27.4 Å². The highest BCUT2D eigenvalue weighted by molar-refractivity contribution is 6.04. The van der Waals surface area contributed by atoms with Crippen molar-refractivity contribution in [1.29, 1.82) is 0 Å². The average molecular weight is 448 g/mol. The number of amides is 1. The zero-order valence-electron chi connectivity index (χ0n) is 15.3. The first-order valence-corrected chi connectivity index (χ1v) is 9.17. The molecule has 5 heteroatoms. The van der Waals surface area contributed by atoms with Crippen molar-refractivity contribution in [2.45, 2.75) is 71.1 Å². The Labute approximate surface area is 164 Å². The van der Waals surface area contributed by atoms with Crippen LogP contribution in [0.2, 0.25) is 0 Å². The van der Waals surface area contributed by atoms with Gasteiger partial charge in [-0.15, -0.1) is 0 Å². The Balaban J connectivity index is 0.00000529. The Hall–Kier alpha value is -0.720. The molecule has 24 heavy (non-hydrogen) atoms. The zero-order chi connectivity index (χ0) is 16.8. The molecule has 1 aliphatic heterocycles. The summed E-state index contributed by atoms with van der Waals surface area (Å²) in [5.41, 5.74) is 0.770. The monoisotopic (exact) mass is 448 g/mol. The molecule has 0 atom stereocenters. The fourth-order valence-corrected chi connectivity index (χ4v) is 2.78. The highest BCUT2D eigenvalue weighted by Gasteiger charge is 2.12. The molecular weight excluding hydrogens is 415 g/mol. The minimum atomic E-state index is -0.523. The lowest BCUT2D eigenvalue weighted by atomic mass is 10.1. The number of nitrogens with zero attached hydrogens (tertiary/aromatic N) is 2. The van der Waals surface area contributed by atoms with Gasteiger partial charge >= 0.3 is 6.09 Å². The molecule has 1 heterocycles. The van der Waals surface area contributed by atoms with Crippen LogP contribution in [0.4, 0.5) is 4.79 Å². The maximum Gasteiger partial charge on any atom is 0.433 e. The second kappa shape index (κ2) is 15.8. The van der Waals surface area contributed by atoms with Crippen LogP contribution in [0.3, 0.4) is 0 Å². The van der Waals surface area contributed by atoms with Gasteiger partial charge in [0.15, 0.2) is 12.8 Å². The number of rotatable bonds is 11. The van der Waals surface area contributed by atoms with Crippen LogP contribution in [0.1, 0.15) is 71.1 Å². The molecule has 0 unspecified atom stereocenters. The van der Waals surface area contributed by atoms with E-state index in [0.717, 1.165) is 12.3 Å². The minimum Gasteiger partial charge on any atom is -1.00 e. The SMILES string of the molecule is CCCCCCCCCCCC[N+]1=CC=CC(=NC(=O)OC)C1.[I-]. The van der Waals surface area contributed by atoms with E-state index in [1.807, 2.05) is 12.2 Å². The Morgan fingerprint density at radius 2 is 1.67 bits per heavy atom. The van der Waals surface area contributed by atoms with Crippen LogP contribution in [-0.4, -0.2) is 42.8 Å². The summed E-state index contributed by atoms with van der Waals surface area (Å²) < 4.78 is 6.78. The Kier molecular flexibility index (Phi) is 15.3. The van der Waals surface area contributed by atoms with Crippen molar-refractivity contribution in [3.63, 3.8) is 0 Å². The Morgan fingerprint density at radius 3 is 2.25 bits per heavy atom. The molecule has 0 radical (unpaired) electrons. The van der Waals surface area contributed by atoms with Crippen molar-refractivity contribution in [3.8, 4) is 0 Å². The molecule has 1 amide bonds. The lowest BCUT2D eigenvalue weighted by Crippen LogP contribution is -3.00. The lowest BCUT2D eigenvalue weighted by molar-refractivity contribution is -0.508. The smallest absolute Gasteiger partial charge is 0.433 e. The summed E-state index contributed by atoms with van der Waals surface area (Å²) in [4.78, 5) is 15.1. The fourth-order valence-electron chi connectivity index (χ4n) is 2.78. The summed E-state index contributed by atoms with van der Waals surface area (Å²) in [6.07, 6.45) is 18.9. The number of hydrogen-bond acceptors (Lipinski definition) is 2. The van der Waals surface area contributed by atoms with Crippen LogP contribution >= 0.6 is 0 Å². The number of methoxy groups -OCH3 is 1. The number of unbranched alkanes of at least 4 members (excludes halogenated alkanes) is 9. The van der Waals surface area contributed by atoms with Gasteiger partial charge in [-0.05, 0) is 12.5 Å². The number of carbonyl (C=O) groups is 1. The summed E-state index contributed by atoms with van der Waals surface area (Å²) in [6, 6.07) is 0. The molecule has 138 valence electrons. The molecule has 0 saturated heterocycles.